The van der Waals surface area contributed by atoms with Gasteiger partial charge in [0.25, 0.3) is 5.56 Å². The summed E-state index contributed by atoms with van der Waals surface area (Å²) in [5.74, 6) is -0.240. The standard InChI is InChI=1S/C19H20F2N2O/c20-17-11-16(19(24)22-12-17)13-23-9-7-14(8-10-23)5-6-15-3-1-2-4-18(15)21/h1-6,11-12,14H,7-10,13H2,(H,22,24). The lowest BCUT2D eigenvalue weighted by Crippen LogP contribution is -2.34. The molecule has 1 aliphatic heterocycles. The number of piperidine rings is 1. The van der Waals surface area contributed by atoms with E-state index in [4.69, 9.17) is 0 Å². The highest BCUT2D eigenvalue weighted by Crippen LogP contribution is 2.21. The van der Waals surface area contributed by atoms with Gasteiger partial charge in [0, 0.05) is 23.9 Å². The van der Waals surface area contributed by atoms with Crippen LogP contribution in [0.15, 0.2) is 47.4 Å². The van der Waals surface area contributed by atoms with Gasteiger partial charge in [-0.2, -0.15) is 0 Å². The van der Waals surface area contributed by atoms with Gasteiger partial charge in [0.15, 0.2) is 0 Å². The average Bonchev–Trinajstić information content (AvgIpc) is 2.59. The van der Waals surface area contributed by atoms with Crippen molar-refractivity contribution in [2.45, 2.75) is 19.4 Å². The van der Waals surface area contributed by atoms with Crippen LogP contribution in [0.5, 0.6) is 0 Å². The number of aromatic amines is 1. The molecule has 3 nitrogen and oxygen atoms in total. The monoisotopic (exact) mass is 330 g/mol. The fourth-order valence-corrected chi connectivity index (χ4v) is 3.01. The topological polar surface area (TPSA) is 36.1 Å². The summed E-state index contributed by atoms with van der Waals surface area (Å²) in [6, 6.07) is 8.01. The van der Waals surface area contributed by atoms with Gasteiger partial charge in [-0.15, -0.1) is 0 Å². The normalized spacial score (nSPS) is 16.8. The molecule has 0 aliphatic carbocycles. The molecule has 0 bridgehead atoms. The van der Waals surface area contributed by atoms with Crippen LogP contribution < -0.4 is 5.56 Å². The Kier molecular flexibility index (Phi) is 5.20. The zero-order valence-corrected chi connectivity index (χ0v) is 13.3. The van der Waals surface area contributed by atoms with Crippen LogP contribution in [0.4, 0.5) is 8.78 Å². The number of benzene rings is 1. The molecule has 1 aliphatic rings. The highest BCUT2D eigenvalue weighted by atomic mass is 19.1. The lowest BCUT2D eigenvalue weighted by molar-refractivity contribution is 0.195. The second kappa shape index (κ2) is 7.53. The number of rotatable bonds is 4. The van der Waals surface area contributed by atoms with Crippen molar-refractivity contribution < 1.29 is 8.78 Å². The molecular weight excluding hydrogens is 310 g/mol. The van der Waals surface area contributed by atoms with Crippen molar-refractivity contribution in [2.75, 3.05) is 13.1 Å². The van der Waals surface area contributed by atoms with Gasteiger partial charge in [-0.3, -0.25) is 9.69 Å². The van der Waals surface area contributed by atoms with Crippen LogP contribution in [0.2, 0.25) is 0 Å². The third-order valence-electron chi connectivity index (χ3n) is 4.42. The van der Waals surface area contributed by atoms with E-state index in [1.807, 2.05) is 12.1 Å². The van der Waals surface area contributed by atoms with E-state index in [1.54, 1.807) is 12.1 Å². The molecule has 1 aromatic carbocycles. The summed E-state index contributed by atoms with van der Waals surface area (Å²) < 4.78 is 26.8. The molecule has 1 N–H and O–H groups in total. The molecule has 1 saturated heterocycles. The van der Waals surface area contributed by atoms with Crippen molar-refractivity contribution in [2.24, 2.45) is 5.92 Å². The van der Waals surface area contributed by atoms with E-state index in [9.17, 15) is 13.6 Å². The largest absolute Gasteiger partial charge is 0.326 e. The number of nitrogens with one attached hydrogen (secondary N) is 1. The van der Waals surface area contributed by atoms with Gasteiger partial charge in [0.2, 0.25) is 0 Å². The van der Waals surface area contributed by atoms with Gasteiger partial charge >= 0.3 is 0 Å². The van der Waals surface area contributed by atoms with Crippen molar-refractivity contribution in [3.05, 3.63) is 75.7 Å². The molecule has 1 fully saturated rings. The quantitative estimate of drug-likeness (QED) is 0.930. The van der Waals surface area contributed by atoms with Crippen LogP contribution in [-0.4, -0.2) is 23.0 Å². The number of H-pyrrole nitrogens is 1. The Bertz CT molecular complexity index is 777. The predicted molar refractivity (Wildman–Crippen MR) is 90.5 cm³/mol. The predicted octanol–water partition coefficient (Wildman–Crippen LogP) is 3.58. The Morgan fingerprint density at radius 1 is 1.21 bits per heavy atom. The average molecular weight is 330 g/mol. The number of likely N-dealkylation sites (tertiary alicyclic amines) is 1. The van der Waals surface area contributed by atoms with E-state index >= 15 is 0 Å². The maximum absolute atomic E-state index is 13.6. The molecule has 0 unspecified atom stereocenters. The number of hydrogen-bond donors (Lipinski definition) is 1. The molecule has 3 rings (SSSR count). The Labute approximate surface area is 139 Å². The van der Waals surface area contributed by atoms with E-state index in [2.05, 4.69) is 16.0 Å². The van der Waals surface area contributed by atoms with Crippen molar-refractivity contribution in [1.82, 2.24) is 9.88 Å². The molecule has 1 aromatic heterocycles. The van der Waals surface area contributed by atoms with Crippen molar-refractivity contribution >= 4 is 6.08 Å². The summed E-state index contributed by atoms with van der Waals surface area (Å²) in [5, 5.41) is 0. The van der Waals surface area contributed by atoms with E-state index in [-0.39, 0.29) is 11.4 Å². The minimum atomic E-state index is -0.424. The SMILES string of the molecule is O=c1[nH]cc(F)cc1CN1CCC(C=Cc2ccccc2F)CC1. The van der Waals surface area contributed by atoms with Crippen LogP contribution in [-0.2, 0) is 6.54 Å². The number of nitrogens with zero attached hydrogens (tertiary/aromatic N) is 1. The Morgan fingerprint density at radius 2 is 1.96 bits per heavy atom. The summed E-state index contributed by atoms with van der Waals surface area (Å²) in [5.41, 5.74) is 0.819. The Hall–Kier alpha value is -2.27. The summed E-state index contributed by atoms with van der Waals surface area (Å²) >= 11 is 0. The molecule has 5 heteroatoms. The van der Waals surface area contributed by atoms with Gasteiger partial charge in [-0.1, -0.05) is 30.4 Å². The molecular formula is C19H20F2N2O. The first-order chi connectivity index (χ1) is 11.6. The van der Waals surface area contributed by atoms with E-state index < -0.39 is 5.82 Å². The van der Waals surface area contributed by atoms with Crippen LogP contribution in [0.3, 0.4) is 0 Å². The van der Waals surface area contributed by atoms with Crippen molar-refractivity contribution in [1.29, 1.82) is 0 Å². The number of halogens is 2. The minimum absolute atomic E-state index is 0.212. The maximum atomic E-state index is 13.6. The van der Waals surface area contributed by atoms with Crippen LogP contribution in [0.25, 0.3) is 6.08 Å². The zero-order chi connectivity index (χ0) is 16.9. The maximum Gasteiger partial charge on any atom is 0.252 e. The Balaban J connectivity index is 1.55. The second-order valence-corrected chi connectivity index (χ2v) is 6.17. The Morgan fingerprint density at radius 3 is 2.71 bits per heavy atom. The third kappa shape index (κ3) is 4.17. The molecule has 0 spiro atoms. The number of aromatic nitrogens is 1. The molecule has 2 heterocycles. The van der Waals surface area contributed by atoms with E-state index in [1.165, 1.54) is 12.1 Å². The molecule has 0 saturated carbocycles. The van der Waals surface area contributed by atoms with Gasteiger partial charge in [0.05, 0.1) is 0 Å². The highest BCUT2D eigenvalue weighted by molar-refractivity contribution is 5.50. The third-order valence-corrected chi connectivity index (χ3v) is 4.42. The van der Waals surface area contributed by atoms with Crippen LogP contribution >= 0.6 is 0 Å². The van der Waals surface area contributed by atoms with Gasteiger partial charge in [0.1, 0.15) is 11.6 Å². The fourth-order valence-electron chi connectivity index (χ4n) is 3.01. The van der Waals surface area contributed by atoms with Crippen LogP contribution in [0, 0.1) is 17.6 Å². The first kappa shape index (κ1) is 16.6. The minimum Gasteiger partial charge on any atom is -0.326 e. The lowest BCUT2D eigenvalue weighted by atomic mass is 9.95. The van der Waals surface area contributed by atoms with Gasteiger partial charge in [-0.05, 0) is 44.0 Å². The molecule has 0 radical (unpaired) electrons. The van der Waals surface area contributed by atoms with Crippen molar-refractivity contribution in [3.8, 4) is 0 Å². The molecule has 2 aromatic rings. The summed E-state index contributed by atoms with van der Waals surface area (Å²) in [6.45, 7) is 2.13. The summed E-state index contributed by atoms with van der Waals surface area (Å²) in [6.07, 6.45) is 6.86. The molecule has 24 heavy (non-hydrogen) atoms. The number of pyridine rings is 1. The first-order valence-electron chi connectivity index (χ1n) is 8.14. The van der Waals surface area contributed by atoms with Gasteiger partial charge < -0.3 is 4.98 Å². The van der Waals surface area contributed by atoms with Gasteiger partial charge in [-0.25, -0.2) is 8.78 Å². The number of allylic oxidation sites excluding steroid dienone is 1. The zero-order valence-electron chi connectivity index (χ0n) is 13.3. The smallest absolute Gasteiger partial charge is 0.252 e. The fraction of sp³-hybridized carbons (Fsp3) is 0.316. The molecule has 0 atom stereocenters. The number of hydrogen-bond acceptors (Lipinski definition) is 2. The second-order valence-electron chi connectivity index (χ2n) is 6.17. The van der Waals surface area contributed by atoms with E-state index in [0.29, 0.717) is 23.6 Å². The highest BCUT2D eigenvalue weighted by Gasteiger charge is 2.18. The van der Waals surface area contributed by atoms with Crippen LogP contribution in [0.1, 0.15) is 24.0 Å². The molecule has 0 amide bonds. The lowest BCUT2D eigenvalue weighted by Gasteiger charge is -2.30. The summed E-state index contributed by atoms with van der Waals surface area (Å²) in [4.78, 5) is 16.3. The van der Waals surface area contributed by atoms with E-state index in [0.717, 1.165) is 32.1 Å². The van der Waals surface area contributed by atoms with Crippen molar-refractivity contribution in [3.63, 3.8) is 0 Å². The molecule has 126 valence electrons. The summed E-state index contributed by atoms with van der Waals surface area (Å²) in [7, 11) is 0. The first-order valence-corrected chi connectivity index (χ1v) is 8.14.